The topological polar surface area (TPSA) is 114 Å². The van der Waals surface area contributed by atoms with Crippen molar-refractivity contribution in [3.05, 3.63) is 112 Å². The van der Waals surface area contributed by atoms with E-state index in [4.69, 9.17) is 4.74 Å². The molecule has 1 saturated heterocycles. The van der Waals surface area contributed by atoms with Crippen molar-refractivity contribution >= 4 is 29.2 Å². The maximum absolute atomic E-state index is 14.1. The number of Topliss-reactive ketones (excluding diaryl/α,β-unsaturated/α-hetero) is 1. The van der Waals surface area contributed by atoms with Gasteiger partial charge in [-0.15, -0.1) is 0 Å². The third-order valence-electron chi connectivity index (χ3n) is 7.04. The van der Waals surface area contributed by atoms with Crippen LogP contribution in [0.4, 0.5) is 11.4 Å². The van der Waals surface area contributed by atoms with E-state index in [1.807, 2.05) is 35.2 Å². The predicted octanol–water partition coefficient (Wildman–Crippen LogP) is 4.53. The lowest BCUT2D eigenvalue weighted by atomic mass is 9.68. The Morgan fingerprint density at radius 2 is 1.69 bits per heavy atom. The van der Waals surface area contributed by atoms with Gasteiger partial charge in [-0.2, -0.15) is 5.26 Å². The van der Waals surface area contributed by atoms with Crippen LogP contribution in [-0.4, -0.2) is 35.9 Å². The molecule has 8 heteroatoms. The smallest absolute Gasteiger partial charge is 0.329 e. The Morgan fingerprint density at radius 1 is 1.03 bits per heavy atom. The van der Waals surface area contributed by atoms with Crippen LogP contribution in [0.25, 0.3) is 6.08 Å². The number of esters is 1. The molecule has 0 bridgehead atoms. The average Bonchev–Trinajstić information content (AvgIpc) is 3.24. The van der Waals surface area contributed by atoms with E-state index in [2.05, 4.69) is 6.07 Å². The summed E-state index contributed by atoms with van der Waals surface area (Å²) < 4.78 is 5.17. The lowest BCUT2D eigenvalue weighted by Crippen LogP contribution is -2.46. The Morgan fingerprint density at radius 3 is 2.33 bits per heavy atom. The quantitative estimate of drug-likeness (QED) is 0.229. The number of benzene rings is 3. The Balaban J connectivity index is 1.80. The SMILES string of the molecule is COC(=O)[C@]1(C#N)[C@H](c2ccc([N+](=O)[O-])cc2)[C@@H](C(=O)c2ccccc2)N2c3ccccc3C=C[C@@H]21. The van der Waals surface area contributed by atoms with Gasteiger partial charge in [0, 0.05) is 29.3 Å². The highest BCUT2D eigenvalue weighted by Crippen LogP contribution is 2.56. The number of hydrogen-bond donors (Lipinski definition) is 0. The lowest BCUT2D eigenvalue weighted by Gasteiger charge is -2.36. The van der Waals surface area contributed by atoms with Gasteiger partial charge in [0.05, 0.1) is 24.1 Å². The number of anilines is 1. The molecule has 5 rings (SSSR count). The molecule has 2 heterocycles. The van der Waals surface area contributed by atoms with Crippen molar-refractivity contribution in [2.45, 2.75) is 18.0 Å². The largest absolute Gasteiger partial charge is 0.468 e. The highest BCUT2D eigenvalue weighted by molar-refractivity contribution is 6.06. The van der Waals surface area contributed by atoms with Crippen molar-refractivity contribution < 1.29 is 19.2 Å². The van der Waals surface area contributed by atoms with Crippen molar-refractivity contribution in [1.82, 2.24) is 0 Å². The predicted molar refractivity (Wildman–Crippen MR) is 132 cm³/mol. The fourth-order valence-electron chi connectivity index (χ4n) is 5.49. The van der Waals surface area contributed by atoms with Gasteiger partial charge < -0.3 is 9.64 Å². The molecule has 0 saturated carbocycles. The standard InChI is InChI=1S/C28H21N3O5/c1-36-27(33)28(17-29)23-16-13-18-7-5-6-10-22(18)30(23)25(26(32)20-8-3-2-4-9-20)24(28)19-11-14-21(15-12-19)31(34)35/h2-16,23-25H,1H3/t23-,24-,25+,28+/m1/s1. The molecule has 0 radical (unpaired) electrons. The van der Waals surface area contributed by atoms with Crippen LogP contribution < -0.4 is 4.90 Å². The van der Waals surface area contributed by atoms with Gasteiger partial charge in [-0.05, 0) is 17.2 Å². The number of para-hydroxylation sites is 1. The van der Waals surface area contributed by atoms with Crippen LogP contribution in [0.3, 0.4) is 0 Å². The van der Waals surface area contributed by atoms with Crippen LogP contribution >= 0.6 is 0 Å². The number of methoxy groups -OCH3 is 1. The second kappa shape index (κ2) is 8.78. The molecule has 3 aromatic rings. The third kappa shape index (κ3) is 3.28. The first-order valence-electron chi connectivity index (χ1n) is 11.3. The average molecular weight is 479 g/mol. The molecule has 0 aromatic heterocycles. The Labute approximate surface area is 207 Å². The Kier molecular flexibility index (Phi) is 5.61. The van der Waals surface area contributed by atoms with E-state index in [1.165, 1.54) is 31.4 Å². The summed E-state index contributed by atoms with van der Waals surface area (Å²) >= 11 is 0. The molecule has 0 amide bonds. The zero-order chi connectivity index (χ0) is 25.4. The van der Waals surface area contributed by atoms with E-state index in [1.54, 1.807) is 36.4 Å². The minimum absolute atomic E-state index is 0.133. The summed E-state index contributed by atoms with van der Waals surface area (Å²) in [5.74, 6) is -2.00. The minimum Gasteiger partial charge on any atom is -0.468 e. The summed E-state index contributed by atoms with van der Waals surface area (Å²) in [4.78, 5) is 40.2. The zero-order valence-electron chi connectivity index (χ0n) is 19.3. The highest BCUT2D eigenvalue weighted by Gasteiger charge is 2.67. The fraction of sp³-hybridized carbons (Fsp3) is 0.179. The third-order valence-corrected chi connectivity index (χ3v) is 7.04. The number of carbonyl (C=O) groups excluding carboxylic acids is 2. The first-order valence-corrected chi connectivity index (χ1v) is 11.3. The molecular formula is C28H21N3O5. The first kappa shape index (κ1) is 23.0. The van der Waals surface area contributed by atoms with Crippen molar-refractivity contribution in [3.63, 3.8) is 0 Å². The number of hydrogen-bond acceptors (Lipinski definition) is 7. The highest BCUT2D eigenvalue weighted by atomic mass is 16.6. The van der Waals surface area contributed by atoms with E-state index in [9.17, 15) is 25.0 Å². The molecular weight excluding hydrogens is 458 g/mol. The van der Waals surface area contributed by atoms with Gasteiger partial charge in [-0.25, -0.2) is 0 Å². The second-order valence-electron chi connectivity index (χ2n) is 8.74. The molecule has 3 aromatic carbocycles. The molecule has 36 heavy (non-hydrogen) atoms. The number of non-ortho nitro benzene ring substituents is 1. The molecule has 8 nitrogen and oxygen atoms in total. The molecule has 4 atom stereocenters. The monoisotopic (exact) mass is 479 g/mol. The van der Waals surface area contributed by atoms with Gasteiger partial charge >= 0.3 is 5.97 Å². The van der Waals surface area contributed by atoms with Gasteiger partial charge in [-0.3, -0.25) is 19.7 Å². The molecule has 2 aliphatic heterocycles. The Hall–Kier alpha value is -4.77. The zero-order valence-corrected chi connectivity index (χ0v) is 19.3. The maximum atomic E-state index is 14.1. The number of carbonyl (C=O) groups is 2. The molecule has 0 aliphatic carbocycles. The number of ether oxygens (including phenoxy) is 1. The van der Waals surface area contributed by atoms with Crippen LogP contribution in [0.2, 0.25) is 0 Å². The van der Waals surface area contributed by atoms with Crippen molar-refractivity contribution in [1.29, 1.82) is 5.26 Å². The van der Waals surface area contributed by atoms with E-state index in [0.29, 0.717) is 16.8 Å². The summed E-state index contributed by atoms with van der Waals surface area (Å²) in [7, 11) is 1.21. The van der Waals surface area contributed by atoms with Gasteiger partial charge in [-0.1, -0.05) is 72.8 Å². The summed E-state index contributed by atoms with van der Waals surface area (Å²) in [5, 5.41) is 21.9. The van der Waals surface area contributed by atoms with Crippen molar-refractivity contribution in [2.75, 3.05) is 12.0 Å². The van der Waals surface area contributed by atoms with Crippen LogP contribution in [0.5, 0.6) is 0 Å². The van der Waals surface area contributed by atoms with Gasteiger partial charge in [0.1, 0.15) is 6.04 Å². The summed E-state index contributed by atoms with van der Waals surface area (Å²) in [6.45, 7) is 0. The number of nitro groups is 1. The van der Waals surface area contributed by atoms with E-state index >= 15 is 0 Å². The number of ketones is 1. The molecule has 0 N–H and O–H groups in total. The molecule has 0 unspecified atom stereocenters. The minimum atomic E-state index is -1.79. The number of nitriles is 1. The first-order chi connectivity index (χ1) is 17.4. The van der Waals surface area contributed by atoms with E-state index in [0.717, 1.165) is 5.56 Å². The second-order valence-corrected chi connectivity index (χ2v) is 8.74. The Bertz CT molecular complexity index is 1430. The van der Waals surface area contributed by atoms with Gasteiger partial charge in [0.15, 0.2) is 11.2 Å². The van der Waals surface area contributed by atoms with Crippen LogP contribution in [0, 0.1) is 26.9 Å². The van der Waals surface area contributed by atoms with Crippen LogP contribution in [-0.2, 0) is 9.53 Å². The van der Waals surface area contributed by atoms with Crippen molar-refractivity contribution in [2.24, 2.45) is 5.41 Å². The number of fused-ring (bicyclic) bond motifs is 3. The van der Waals surface area contributed by atoms with Crippen LogP contribution in [0.15, 0.2) is 84.9 Å². The fourth-order valence-corrected chi connectivity index (χ4v) is 5.49. The van der Waals surface area contributed by atoms with Gasteiger partial charge in [0.25, 0.3) is 5.69 Å². The van der Waals surface area contributed by atoms with Gasteiger partial charge in [0.2, 0.25) is 0 Å². The summed E-state index contributed by atoms with van der Waals surface area (Å²) in [5.41, 5.74) is 0.532. The number of nitrogens with zero attached hydrogens (tertiary/aromatic N) is 3. The molecule has 178 valence electrons. The normalized spacial score (nSPS) is 23.8. The summed E-state index contributed by atoms with van der Waals surface area (Å²) in [6.07, 6.45) is 3.60. The summed E-state index contributed by atoms with van der Waals surface area (Å²) in [6, 6.07) is 22.3. The van der Waals surface area contributed by atoms with Crippen LogP contribution in [0.1, 0.15) is 27.4 Å². The maximum Gasteiger partial charge on any atom is 0.329 e. The van der Waals surface area contributed by atoms with E-state index < -0.39 is 34.3 Å². The molecule has 2 aliphatic rings. The molecule has 1 fully saturated rings. The number of nitro benzene ring substituents is 1. The lowest BCUT2D eigenvalue weighted by molar-refractivity contribution is -0.384. The molecule has 0 spiro atoms. The number of rotatable bonds is 5. The van der Waals surface area contributed by atoms with Crippen molar-refractivity contribution in [3.8, 4) is 6.07 Å². The van der Waals surface area contributed by atoms with E-state index in [-0.39, 0.29) is 11.5 Å².